The molecule has 0 aromatic carbocycles. The molecule has 1 unspecified atom stereocenters. The Labute approximate surface area is 126 Å². The quantitative estimate of drug-likeness (QED) is 0.800. The molecular formula is C15H28N2O4. The van der Waals surface area contributed by atoms with E-state index in [1.54, 1.807) is 4.90 Å². The number of hydrogen-bond donors (Lipinski definition) is 2. The molecule has 0 aromatic heterocycles. The zero-order valence-corrected chi connectivity index (χ0v) is 13.4. The standard InChI is InChI=1S/C15H28N2O4/c1-14(2,3)21-13(18)17-8-9-20-12(11-17)10-15(19)4-6-16-7-5-15/h12,16,19H,4-11H2,1-3H3. The summed E-state index contributed by atoms with van der Waals surface area (Å²) in [5.74, 6) is 0. The summed E-state index contributed by atoms with van der Waals surface area (Å²) in [5.41, 5.74) is -1.16. The first-order valence-electron chi connectivity index (χ1n) is 7.80. The molecule has 2 fully saturated rings. The highest BCUT2D eigenvalue weighted by atomic mass is 16.6. The number of aliphatic hydroxyl groups is 1. The minimum atomic E-state index is -0.674. The van der Waals surface area contributed by atoms with Crippen molar-refractivity contribution in [1.82, 2.24) is 10.2 Å². The lowest BCUT2D eigenvalue weighted by Crippen LogP contribution is -2.51. The molecule has 6 heteroatoms. The number of ether oxygens (including phenoxy) is 2. The molecule has 0 spiro atoms. The van der Waals surface area contributed by atoms with Crippen LogP contribution in [0.5, 0.6) is 0 Å². The number of nitrogens with zero attached hydrogens (tertiary/aromatic N) is 1. The second-order valence-electron chi connectivity index (χ2n) is 7.10. The number of carbonyl (C=O) groups excluding carboxylic acids is 1. The lowest BCUT2D eigenvalue weighted by Gasteiger charge is -2.39. The summed E-state index contributed by atoms with van der Waals surface area (Å²) in [7, 11) is 0. The Bertz CT molecular complexity index is 361. The average molecular weight is 300 g/mol. The van der Waals surface area contributed by atoms with E-state index in [0.29, 0.717) is 26.1 Å². The monoisotopic (exact) mass is 300 g/mol. The molecule has 0 bridgehead atoms. The fraction of sp³-hybridized carbons (Fsp3) is 0.933. The number of amides is 1. The summed E-state index contributed by atoms with van der Waals surface area (Å²) in [6, 6.07) is 0. The van der Waals surface area contributed by atoms with Crippen molar-refractivity contribution in [2.45, 2.75) is 57.3 Å². The van der Waals surface area contributed by atoms with Crippen molar-refractivity contribution < 1.29 is 19.4 Å². The zero-order valence-electron chi connectivity index (χ0n) is 13.4. The van der Waals surface area contributed by atoms with E-state index in [1.165, 1.54) is 0 Å². The van der Waals surface area contributed by atoms with Crippen molar-refractivity contribution in [3.63, 3.8) is 0 Å². The summed E-state index contributed by atoms with van der Waals surface area (Å²) in [4.78, 5) is 13.8. The van der Waals surface area contributed by atoms with Crippen LogP contribution < -0.4 is 5.32 Å². The van der Waals surface area contributed by atoms with Gasteiger partial charge >= 0.3 is 6.09 Å². The molecular weight excluding hydrogens is 272 g/mol. The van der Waals surface area contributed by atoms with Gasteiger partial charge in [-0.1, -0.05) is 0 Å². The minimum Gasteiger partial charge on any atom is -0.444 e. The van der Waals surface area contributed by atoms with Crippen LogP contribution in [0.2, 0.25) is 0 Å². The summed E-state index contributed by atoms with van der Waals surface area (Å²) in [6.45, 7) is 8.79. The maximum absolute atomic E-state index is 12.1. The first-order valence-corrected chi connectivity index (χ1v) is 7.80. The highest BCUT2D eigenvalue weighted by Crippen LogP contribution is 2.26. The Morgan fingerprint density at radius 1 is 1.43 bits per heavy atom. The molecule has 2 N–H and O–H groups in total. The summed E-state index contributed by atoms with van der Waals surface area (Å²) < 4.78 is 11.1. The molecule has 2 aliphatic heterocycles. The van der Waals surface area contributed by atoms with Gasteiger partial charge in [-0.15, -0.1) is 0 Å². The van der Waals surface area contributed by atoms with Crippen molar-refractivity contribution in [2.24, 2.45) is 0 Å². The Balaban J connectivity index is 1.87. The van der Waals surface area contributed by atoms with Crippen molar-refractivity contribution >= 4 is 6.09 Å². The maximum Gasteiger partial charge on any atom is 0.410 e. The van der Waals surface area contributed by atoms with Crippen LogP contribution in [-0.4, -0.2) is 66.2 Å². The number of nitrogens with one attached hydrogen (secondary N) is 1. The number of morpholine rings is 1. The fourth-order valence-electron chi connectivity index (χ4n) is 2.86. The molecule has 1 amide bonds. The van der Waals surface area contributed by atoms with Gasteiger partial charge in [0.1, 0.15) is 5.60 Å². The number of hydrogen-bond acceptors (Lipinski definition) is 5. The van der Waals surface area contributed by atoms with Crippen molar-refractivity contribution in [2.75, 3.05) is 32.8 Å². The minimum absolute atomic E-state index is 0.116. The van der Waals surface area contributed by atoms with E-state index in [9.17, 15) is 9.90 Å². The largest absolute Gasteiger partial charge is 0.444 e. The molecule has 21 heavy (non-hydrogen) atoms. The lowest BCUT2D eigenvalue weighted by atomic mass is 9.86. The first kappa shape index (κ1) is 16.5. The van der Waals surface area contributed by atoms with Gasteiger partial charge in [-0.2, -0.15) is 0 Å². The SMILES string of the molecule is CC(C)(C)OC(=O)N1CCOC(CC2(O)CCNCC2)C1. The molecule has 122 valence electrons. The van der Waals surface area contributed by atoms with Crippen LogP contribution in [0.4, 0.5) is 4.79 Å². The molecule has 1 atom stereocenters. The predicted molar refractivity (Wildman–Crippen MR) is 79.2 cm³/mol. The van der Waals surface area contributed by atoms with Crippen molar-refractivity contribution in [1.29, 1.82) is 0 Å². The molecule has 2 heterocycles. The average Bonchev–Trinajstić information content (AvgIpc) is 2.37. The van der Waals surface area contributed by atoms with E-state index in [2.05, 4.69) is 5.32 Å². The molecule has 2 saturated heterocycles. The van der Waals surface area contributed by atoms with Gasteiger partial charge in [0.05, 0.1) is 24.9 Å². The number of rotatable bonds is 2. The van der Waals surface area contributed by atoms with Crippen LogP contribution in [0, 0.1) is 0 Å². The highest BCUT2D eigenvalue weighted by molar-refractivity contribution is 5.68. The van der Waals surface area contributed by atoms with Gasteiger partial charge in [0, 0.05) is 13.0 Å². The molecule has 6 nitrogen and oxygen atoms in total. The zero-order chi connectivity index (χ0) is 15.5. The van der Waals surface area contributed by atoms with Gasteiger partial charge in [-0.3, -0.25) is 0 Å². The lowest BCUT2D eigenvalue weighted by molar-refractivity contribution is -0.0886. The molecule has 0 aromatic rings. The van der Waals surface area contributed by atoms with Gasteiger partial charge in [-0.25, -0.2) is 4.79 Å². The summed E-state index contributed by atoms with van der Waals surface area (Å²) in [5, 5.41) is 13.8. The summed E-state index contributed by atoms with van der Waals surface area (Å²) >= 11 is 0. The van der Waals surface area contributed by atoms with Crippen LogP contribution in [0.1, 0.15) is 40.0 Å². The van der Waals surface area contributed by atoms with E-state index in [0.717, 1.165) is 25.9 Å². The van der Waals surface area contributed by atoms with Crippen LogP contribution >= 0.6 is 0 Å². The molecule has 2 rings (SSSR count). The Kier molecular flexibility index (Phi) is 5.11. The predicted octanol–water partition coefficient (Wildman–Crippen LogP) is 1.13. The third kappa shape index (κ3) is 5.13. The van der Waals surface area contributed by atoms with Crippen LogP contribution in [0.15, 0.2) is 0 Å². The van der Waals surface area contributed by atoms with Crippen LogP contribution in [-0.2, 0) is 9.47 Å². The molecule has 2 aliphatic rings. The number of carbonyl (C=O) groups is 1. The van der Waals surface area contributed by atoms with E-state index in [1.807, 2.05) is 20.8 Å². The van der Waals surface area contributed by atoms with Gasteiger partial charge in [-0.05, 0) is 46.7 Å². The molecule has 0 aliphatic carbocycles. The van der Waals surface area contributed by atoms with Gasteiger partial charge in [0.25, 0.3) is 0 Å². The molecule has 0 saturated carbocycles. The van der Waals surface area contributed by atoms with E-state index < -0.39 is 11.2 Å². The topological polar surface area (TPSA) is 71.0 Å². The third-order valence-corrected chi connectivity index (χ3v) is 3.93. The third-order valence-electron chi connectivity index (χ3n) is 3.93. The van der Waals surface area contributed by atoms with E-state index in [-0.39, 0.29) is 12.2 Å². The van der Waals surface area contributed by atoms with Crippen molar-refractivity contribution in [3.8, 4) is 0 Å². The van der Waals surface area contributed by atoms with E-state index >= 15 is 0 Å². The Hall–Kier alpha value is -0.850. The number of piperidine rings is 1. The van der Waals surface area contributed by atoms with E-state index in [4.69, 9.17) is 9.47 Å². The second-order valence-corrected chi connectivity index (χ2v) is 7.10. The molecule has 0 radical (unpaired) electrons. The fourth-order valence-corrected chi connectivity index (χ4v) is 2.86. The maximum atomic E-state index is 12.1. The van der Waals surface area contributed by atoms with Gasteiger partial charge in [0.15, 0.2) is 0 Å². The summed E-state index contributed by atoms with van der Waals surface area (Å²) in [6.07, 6.45) is 1.63. The normalized spacial score (nSPS) is 26.5. The van der Waals surface area contributed by atoms with Gasteiger partial charge < -0.3 is 24.8 Å². The second kappa shape index (κ2) is 6.50. The Morgan fingerprint density at radius 3 is 2.71 bits per heavy atom. The Morgan fingerprint density at radius 2 is 2.10 bits per heavy atom. The van der Waals surface area contributed by atoms with Crippen molar-refractivity contribution in [3.05, 3.63) is 0 Å². The van der Waals surface area contributed by atoms with Crippen LogP contribution in [0.3, 0.4) is 0 Å². The highest BCUT2D eigenvalue weighted by Gasteiger charge is 2.36. The van der Waals surface area contributed by atoms with Gasteiger partial charge in [0.2, 0.25) is 0 Å². The first-order chi connectivity index (χ1) is 9.77. The van der Waals surface area contributed by atoms with Crippen LogP contribution in [0.25, 0.3) is 0 Å². The smallest absolute Gasteiger partial charge is 0.410 e.